The molecule has 0 spiro atoms. The number of nitrogens with zero attached hydrogens (tertiary/aromatic N) is 2. The molecule has 1 unspecified atom stereocenters. The Balaban J connectivity index is 0.000000704. The first-order valence-corrected chi connectivity index (χ1v) is 8.35. The Morgan fingerprint density at radius 2 is 1.75 bits per heavy atom. The molecule has 1 aliphatic carbocycles. The molecule has 112 valence electrons. The molecule has 1 saturated carbocycles. The monoisotopic (exact) mass is 274 g/mol. The third-order valence-electron chi connectivity index (χ3n) is 4.62. The molecule has 0 radical (unpaired) electrons. The second kappa shape index (κ2) is 7.80. The third-order valence-corrected chi connectivity index (χ3v) is 4.62. The Bertz CT molecular complexity index is 372. The normalized spacial score (nSPS) is 24.6. The van der Waals surface area contributed by atoms with Gasteiger partial charge in [0.05, 0.1) is 0 Å². The average molecular weight is 274 g/mol. The molecule has 2 fully saturated rings. The van der Waals surface area contributed by atoms with Crippen LogP contribution in [0.5, 0.6) is 0 Å². The first-order chi connectivity index (χ1) is 9.83. The molecular weight excluding hydrogens is 244 g/mol. The summed E-state index contributed by atoms with van der Waals surface area (Å²) < 4.78 is 0. The fourth-order valence-corrected chi connectivity index (χ4v) is 3.16. The van der Waals surface area contributed by atoms with Gasteiger partial charge in [0.2, 0.25) is 0 Å². The van der Waals surface area contributed by atoms with E-state index in [9.17, 15) is 0 Å². The molecule has 0 aromatic heterocycles. The predicted molar refractivity (Wildman–Crippen MR) is 86.9 cm³/mol. The zero-order chi connectivity index (χ0) is 14.4. The summed E-state index contributed by atoms with van der Waals surface area (Å²) in [5.41, 5.74) is 1.45. The van der Waals surface area contributed by atoms with Gasteiger partial charge in [0.15, 0.2) is 0 Å². The molecule has 0 amide bonds. The van der Waals surface area contributed by atoms with Gasteiger partial charge < -0.3 is 0 Å². The van der Waals surface area contributed by atoms with Gasteiger partial charge in [-0.3, -0.25) is 9.80 Å². The van der Waals surface area contributed by atoms with Crippen LogP contribution < -0.4 is 0 Å². The van der Waals surface area contributed by atoms with Crippen molar-refractivity contribution in [2.24, 2.45) is 0 Å². The summed E-state index contributed by atoms with van der Waals surface area (Å²) in [6, 6.07) is 12.5. The van der Waals surface area contributed by atoms with E-state index in [4.69, 9.17) is 0 Å². The Morgan fingerprint density at radius 3 is 2.30 bits per heavy atom. The van der Waals surface area contributed by atoms with Gasteiger partial charge in [0.1, 0.15) is 0 Å². The minimum absolute atomic E-state index is 0.694. The summed E-state index contributed by atoms with van der Waals surface area (Å²) >= 11 is 0. The van der Waals surface area contributed by atoms with Gasteiger partial charge in [-0.1, -0.05) is 50.6 Å². The molecule has 20 heavy (non-hydrogen) atoms. The molecule has 1 atom stereocenters. The SMILES string of the molecule is CC.CC1CN(C2CCC2)CCN1Cc1ccccc1. The molecule has 2 aliphatic rings. The van der Waals surface area contributed by atoms with Crippen molar-refractivity contribution >= 4 is 0 Å². The second-order valence-corrected chi connectivity index (χ2v) is 5.88. The molecule has 0 bridgehead atoms. The van der Waals surface area contributed by atoms with E-state index < -0.39 is 0 Å². The summed E-state index contributed by atoms with van der Waals surface area (Å²) in [4.78, 5) is 5.35. The van der Waals surface area contributed by atoms with Crippen molar-refractivity contribution in [3.63, 3.8) is 0 Å². The van der Waals surface area contributed by atoms with Crippen LogP contribution in [0.15, 0.2) is 30.3 Å². The Kier molecular flexibility index (Phi) is 6.06. The Morgan fingerprint density at radius 1 is 1.05 bits per heavy atom. The highest BCUT2D eigenvalue weighted by Crippen LogP contribution is 2.27. The molecule has 1 saturated heterocycles. The smallest absolute Gasteiger partial charge is 0.0237 e. The largest absolute Gasteiger partial charge is 0.298 e. The highest BCUT2D eigenvalue weighted by atomic mass is 15.3. The van der Waals surface area contributed by atoms with Crippen molar-refractivity contribution in [3.8, 4) is 0 Å². The molecule has 0 N–H and O–H groups in total. The minimum Gasteiger partial charge on any atom is -0.298 e. The van der Waals surface area contributed by atoms with E-state index in [1.807, 2.05) is 13.8 Å². The Labute approximate surface area is 124 Å². The Hall–Kier alpha value is -0.860. The number of hydrogen-bond acceptors (Lipinski definition) is 2. The molecule has 1 aromatic rings. The summed E-state index contributed by atoms with van der Waals surface area (Å²) in [5.74, 6) is 0. The van der Waals surface area contributed by atoms with Crippen LogP contribution >= 0.6 is 0 Å². The first-order valence-electron chi connectivity index (χ1n) is 8.35. The van der Waals surface area contributed by atoms with E-state index in [2.05, 4.69) is 47.1 Å². The van der Waals surface area contributed by atoms with E-state index in [0.717, 1.165) is 12.6 Å². The van der Waals surface area contributed by atoms with Gasteiger partial charge in [0.25, 0.3) is 0 Å². The van der Waals surface area contributed by atoms with Crippen LogP contribution in [-0.4, -0.2) is 41.5 Å². The molecule has 3 rings (SSSR count). The second-order valence-electron chi connectivity index (χ2n) is 5.88. The van der Waals surface area contributed by atoms with Crippen molar-refractivity contribution in [2.45, 2.75) is 58.7 Å². The lowest BCUT2D eigenvalue weighted by atomic mass is 9.90. The van der Waals surface area contributed by atoms with Gasteiger partial charge in [0, 0.05) is 38.3 Å². The van der Waals surface area contributed by atoms with Crippen molar-refractivity contribution < 1.29 is 0 Å². The van der Waals surface area contributed by atoms with Gasteiger partial charge in [-0.25, -0.2) is 0 Å². The molecule has 2 heteroatoms. The van der Waals surface area contributed by atoms with Crippen molar-refractivity contribution in [2.75, 3.05) is 19.6 Å². The lowest BCUT2D eigenvalue weighted by molar-refractivity contribution is 0.0261. The van der Waals surface area contributed by atoms with E-state index >= 15 is 0 Å². The maximum atomic E-state index is 2.72. The van der Waals surface area contributed by atoms with Crippen LogP contribution in [0.1, 0.15) is 45.6 Å². The van der Waals surface area contributed by atoms with Crippen molar-refractivity contribution in [1.29, 1.82) is 0 Å². The van der Waals surface area contributed by atoms with Crippen LogP contribution in [-0.2, 0) is 6.54 Å². The highest BCUT2D eigenvalue weighted by Gasteiger charge is 2.30. The van der Waals surface area contributed by atoms with Gasteiger partial charge >= 0.3 is 0 Å². The number of hydrogen-bond donors (Lipinski definition) is 0. The number of benzene rings is 1. The fraction of sp³-hybridized carbons (Fsp3) is 0.667. The van der Waals surface area contributed by atoms with Crippen molar-refractivity contribution in [1.82, 2.24) is 9.80 Å². The summed E-state index contributed by atoms with van der Waals surface area (Å²) in [6.07, 6.45) is 4.32. The van der Waals surface area contributed by atoms with Crippen LogP contribution in [0.3, 0.4) is 0 Å². The number of rotatable bonds is 3. The zero-order valence-electron chi connectivity index (χ0n) is 13.4. The highest BCUT2D eigenvalue weighted by molar-refractivity contribution is 5.14. The quantitative estimate of drug-likeness (QED) is 0.828. The van der Waals surface area contributed by atoms with E-state index in [-0.39, 0.29) is 0 Å². The minimum atomic E-state index is 0.694. The predicted octanol–water partition coefficient (Wildman–Crippen LogP) is 3.77. The lowest BCUT2D eigenvalue weighted by Gasteiger charge is -2.46. The van der Waals surface area contributed by atoms with Gasteiger partial charge in [-0.15, -0.1) is 0 Å². The standard InChI is InChI=1S/C16H24N2.C2H6/c1-14-12-18(16-8-5-9-16)11-10-17(14)13-15-6-3-2-4-7-15;1-2/h2-4,6-7,14,16H,5,8-13H2,1H3;1-2H3. The maximum Gasteiger partial charge on any atom is 0.0237 e. The fourth-order valence-electron chi connectivity index (χ4n) is 3.16. The summed E-state index contributed by atoms with van der Waals surface area (Å²) in [7, 11) is 0. The molecule has 1 aromatic carbocycles. The maximum absolute atomic E-state index is 2.72. The van der Waals surface area contributed by atoms with Gasteiger partial charge in [-0.2, -0.15) is 0 Å². The first kappa shape index (κ1) is 15.5. The molecule has 2 nitrogen and oxygen atoms in total. The van der Waals surface area contributed by atoms with E-state index in [1.165, 1.54) is 44.5 Å². The molecule has 1 heterocycles. The van der Waals surface area contributed by atoms with Crippen molar-refractivity contribution in [3.05, 3.63) is 35.9 Å². The summed E-state index contributed by atoms with van der Waals surface area (Å²) in [6.45, 7) is 11.3. The molecule has 1 aliphatic heterocycles. The zero-order valence-corrected chi connectivity index (χ0v) is 13.4. The van der Waals surface area contributed by atoms with E-state index in [1.54, 1.807) is 0 Å². The molecular formula is C18H30N2. The van der Waals surface area contributed by atoms with Crippen LogP contribution in [0.2, 0.25) is 0 Å². The summed E-state index contributed by atoms with van der Waals surface area (Å²) in [5, 5.41) is 0. The van der Waals surface area contributed by atoms with E-state index in [0.29, 0.717) is 6.04 Å². The van der Waals surface area contributed by atoms with Crippen LogP contribution in [0, 0.1) is 0 Å². The third kappa shape index (κ3) is 3.83. The van der Waals surface area contributed by atoms with Crippen LogP contribution in [0.4, 0.5) is 0 Å². The van der Waals surface area contributed by atoms with Crippen LogP contribution in [0.25, 0.3) is 0 Å². The number of piperazine rings is 1. The van der Waals surface area contributed by atoms with Gasteiger partial charge in [-0.05, 0) is 25.3 Å². The lowest BCUT2D eigenvalue weighted by Crippen LogP contribution is -2.55. The average Bonchev–Trinajstić information content (AvgIpc) is 2.43. The topological polar surface area (TPSA) is 6.48 Å².